The Morgan fingerprint density at radius 3 is 2.19 bits per heavy atom. The lowest BCUT2D eigenvalue weighted by molar-refractivity contribution is -0.121. The van der Waals surface area contributed by atoms with Crippen molar-refractivity contribution in [3.8, 4) is 29.1 Å². The van der Waals surface area contributed by atoms with Crippen LogP contribution in [0.3, 0.4) is 0 Å². The van der Waals surface area contributed by atoms with E-state index < -0.39 is 11.8 Å². The minimum Gasteiger partial charge on any atom is -0.480 e. The number of hydrogen-bond donors (Lipinski definition) is 2. The Morgan fingerprint density at radius 1 is 0.903 bits per heavy atom. The molecule has 0 saturated carbocycles. The molecule has 1 heterocycles. The number of carbonyl (C=O) groups excluding carboxylic acids is 2. The maximum absolute atomic E-state index is 13.0. The summed E-state index contributed by atoms with van der Waals surface area (Å²) in [7, 11) is 0. The van der Waals surface area contributed by atoms with Crippen molar-refractivity contribution in [1.82, 2.24) is 5.32 Å². The summed E-state index contributed by atoms with van der Waals surface area (Å²) in [5.41, 5.74) is 7.26. The van der Waals surface area contributed by atoms with Gasteiger partial charge in [-0.05, 0) is 24.3 Å². The molecule has 0 radical (unpaired) electrons. The number of primary amides is 1. The van der Waals surface area contributed by atoms with E-state index in [1.165, 1.54) is 0 Å². The minimum atomic E-state index is -0.562. The van der Waals surface area contributed by atoms with E-state index in [1.807, 2.05) is 48.5 Å². The van der Waals surface area contributed by atoms with Crippen molar-refractivity contribution in [2.24, 2.45) is 5.73 Å². The number of ether oxygens (including phenoxy) is 2. The molecule has 3 N–H and O–H groups in total. The molecule has 154 valence electrons. The van der Waals surface area contributed by atoms with Crippen LogP contribution in [0.15, 0.2) is 72.8 Å². The maximum atomic E-state index is 13.0. The lowest BCUT2D eigenvalue weighted by Crippen LogP contribution is -2.31. The summed E-state index contributed by atoms with van der Waals surface area (Å²) in [5, 5.41) is 2.86. The van der Waals surface area contributed by atoms with Gasteiger partial charge in [-0.1, -0.05) is 60.4 Å². The molecular formula is C25H20N2O4. The highest BCUT2D eigenvalue weighted by Gasteiger charge is 2.31. The first-order chi connectivity index (χ1) is 15.1. The van der Waals surface area contributed by atoms with Crippen LogP contribution in [-0.4, -0.2) is 25.0 Å². The molecule has 4 rings (SSSR count). The molecule has 1 aliphatic heterocycles. The van der Waals surface area contributed by atoms with Gasteiger partial charge in [-0.2, -0.15) is 0 Å². The van der Waals surface area contributed by atoms with E-state index in [9.17, 15) is 9.59 Å². The topological polar surface area (TPSA) is 90.7 Å². The number of hydrogen-bond acceptors (Lipinski definition) is 4. The molecule has 31 heavy (non-hydrogen) atoms. The van der Waals surface area contributed by atoms with Gasteiger partial charge >= 0.3 is 0 Å². The number of carbonyl (C=O) groups is 2. The highest BCUT2D eigenvalue weighted by Crippen LogP contribution is 2.43. The second-order valence-electron chi connectivity index (χ2n) is 6.83. The fourth-order valence-corrected chi connectivity index (χ4v) is 3.45. The van der Waals surface area contributed by atoms with E-state index in [4.69, 9.17) is 15.2 Å². The molecule has 3 aromatic rings. The van der Waals surface area contributed by atoms with Gasteiger partial charge in [0.25, 0.3) is 5.91 Å². The maximum Gasteiger partial charge on any atom is 0.252 e. The van der Waals surface area contributed by atoms with Crippen molar-refractivity contribution in [3.63, 3.8) is 0 Å². The molecular weight excluding hydrogens is 392 g/mol. The first-order valence-electron chi connectivity index (χ1n) is 9.76. The van der Waals surface area contributed by atoms with Crippen molar-refractivity contribution in [3.05, 3.63) is 89.5 Å². The number of nitrogens with one attached hydrogen (secondary N) is 1. The minimum absolute atomic E-state index is 0.0725. The van der Waals surface area contributed by atoms with Crippen LogP contribution in [0.2, 0.25) is 0 Å². The van der Waals surface area contributed by atoms with E-state index in [2.05, 4.69) is 17.2 Å². The molecule has 0 aromatic heterocycles. The molecule has 0 fully saturated rings. The zero-order valence-corrected chi connectivity index (χ0v) is 16.6. The van der Waals surface area contributed by atoms with Crippen LogP contribution < -0.4 is 20.5 Å². The zero-order valence-electron chi connectivity index (χ0n) is 16.6. The average Bonchev–Trinajstić information content (AvgIpc) is 2.79. The fraction of sp³-hybridized carbons (Fsp3) is 0.120. The number of benzene rings is 3. The van der Waals surface area contributed by atoms with Gasteiger partial charge in [0.05, 0.1) is 18.0 Å². The SMILES string of the molecule is NC(=O)c1ccccc1OCC#CCNC(=O)C1c2ccccc2Oc2ccccc21. The number of amides is 2. The molecule has 0 aliphatic carbocycles. The Balaban J connectivity index is 1.39. The van der Waals surface area contributed by atoms with Crippen LogP contribution in [0.1, 0.15) is 27.4 Å². The van der Waals surface area contributed by atoms with Crippen molar-refractivity contribution in [2.75, 3.05) is 13.2 Å². The van der Waals surface area contributed by atoms with Crippen LogP contribution in [-0.2, 0) is 4.79 Å². The van der Waals surface area contributed by atoms with Crippen molar-refractivity contribution in [1.29, 1.82) is 0 Å². The van der Waals surface area contributed by atoms with Gasteiger partial charge in [0.1, 0.15) is 23.9 Å². The Bertz CT molecular complexity index is 1150. The normalized spacial score (nSPS) is 11.7. The summed E-state index contributed by atoms with van der Waals surface area (Å²) >= 11 is 0. The quantitative estimate of drug-likeness (QED) is 0.630. The van der Waals surface area contributed by atoms with Crippen LogP contribution >= 0.6 is 0 Å². The summed E-state index contributed by atoms with van der Waals surface area (Å²) in [5.74, 6) is 6.24. The van der Waals surface area contributed by atoms with E-state index in [0.29, 0.717) is 22.8 Å². The first kappa shape index (κ1) is 20.0. The largest absolute Gasteiger partial charge is 0.480 e. The summed E-state index contributed by atoms with van der Waals surface area (Å²) in [6, 6.07) is 21.7. The predicted molar refractivity (Wildman–Crippen MR) is 116 cm³/mol. The third kappa shape index (κ3) is 4.36. The van der Waals surface area contributed by atoms with Crippen molar-refractivity contribution < 1.29 is 19.1 Å². The van der Waals surface area contributed by atoms with Gasteiger partial charge in [-0.15, -0.1) is 0 Å². The Hall–Kier alpha value is -4.24. The van der Waals surface area contributed by atoms with Crippen LogP contribution in [0.25, 0.3) is 0 Å². The molecule has 0 bridgehead atoms. The number of rotatable bonds is 5. The molecule has 1 aliphatic rings. The van der Waals surface area contributed by atoms with Gasteiger partial charge in [-0.3, -0.25) is 9.59 Å². The number of nitrogens with two attached hydrogens (primary N) is 1. The van der Waals surface area contributed by atoms with Crippen molar-refractivity contribution in [2.45, 2.75) is 5.92 Å². The first-order valence-corrected chi connectivity index (χ1v) is 9.76. The van der Waals surface area contributed by atoms with E-state index in [1.54, 1.807) is 24.3 Å². The van der Waals surface area contributed by atoms with Crippen LogP contribution in [0.4, 0.5) is 0 Å². The van der Waals surface area contributed by atoms with Gasteiger partial charge in [0, 0.05) is 11.1 Å². The van der Waals surface area contributed by atoms with E-state index >= 15 is 0 Å². The third-order valence-corrected chi connectivity index (χ3v) is 4.87. The summed E-state index contributed by atoms with van der Waals surface area (Å²) in [6.07, 6.45) is 0. The zero-order chi connectivity index (χ0) is 21.6. The summed E-state index contributed by atoms with van der Waals surface area (Å²) in [6.45, 7) is 0.241. The standard InChI is InChI=1S/C25H20N2O4/c26-24(28)19-11-3-4-12-20(19)30-16-8-7-15-27-25(29)23-17-9-1-5-13-21(17)31-22-14-6-2-10-18(22)23/h1-6,9-14,23H,15-16H2,(H2,26,28)(H,27,29). The summed E-state index contributed by atoms with van der Waals surface area (Å²) in [4.78, 5) is 24.4. The summed E-state index contributed by atoms with van der Waals surface area (Å²) < 4.78 is 11.4. The fourth-order valence-electron chi connectivity index (χ4n) is 3.45. The van der Waals surface area contributed by atoms with E-state index in [0.717, 1.165) is 11.1 Å². The number of para-hydroxylation sites is 3. The predicted octanol–water partition coefficient (Wildman–Crippen LogP) is 3.22. The molecule has 6 nitrogen and oxygen atoms in total. The molecule has 6 heteroatoms. The van der Waals surface area contributed by atoms with Gasteiger partial charge in [-0.25, -0.2) is 0 Å². The van der Waals surface area contributed by atoms with Crippen molar-refractivity contribution >= 4 is 11.8 Å². The third-order valence-electron chi connectivity index (χ3n) is 4.87. The van der Waals surface area contributed by atoms with E-state index in [-0.39, 0.29) is 19.1 Å². The Morgan fingerprint density at radius 2 is 1.52 bits per heavy atom. The van der Waals surface area contributed by atoms with Crippen LogP contribution in [0.5, 0.6) is 17.2 Å². The lowest BCUT2D eigenvalue weighted by Gasteiger charge is -2.27. The monoisotopic (exact) mass is 412 g/mol. The second-order valence-corrected chi connectivity index (χ2v) is 6.83. The molecule has 0 atom stereocenters. The molecule has 0 saturated heterocycles. The number of fused-ring (bicyclic) bond motifs is 2. The second kappa shape index (κ2) is 9.06. The molecule has 2 amide bonds. The van der Waals surface area contributed by atoms with Gasteiger partial charge < -0.3 is 20.5 Å². The van der Waals surface area contributed by atoms with Gasteiger partial charge in [0.2, 0.25) is 5.91 Å². The molecule has 0 spiro atoms. The van der Waals surface area contributed by atoms with Crippen LogP contribution in [0, 0.1) is 11.8 Å². The van der Waals surface area contributed by atoms with Gasteiger partial charge in [0.15, 0.2) is 0 Å². The highest BCUT2D eigenvalue weighted by atomic mass is 16.5. The Labute approximate surface area is 180 Å². The molecule has 3 aromatic carbocycles. The average molecular weight is 412 g/mol. The lowest BCUT2D eigenvalue weighted by atomic mass is 9.87. The molecule has 0 unspecified atom stereocenters. The highest BCUT2D eigenvalue weighted by molar-refractivity contribution is 5.95. The smallest absolute Gasteiger partial charge is 0.252 e. The Kier molecular flexibility index (Phi) is 5.86.